The van der Waals surface area contributed by atoms with Gasteiger partial charge < -0.3 is 4.57 Å². The Balaban J connectivity index is 2.19. The number of nitrogens with zero attached hydrogens (tertiary/aromatic N) is 2. The minimum atomic E-state index is 0.781. The van der Waals surface area contributed by atoms with Crippen LogP contribution in [0.1, 0.15) is 25.6 Å². The molecule has 0 N–H and O–H groups in total. The van der Waals surface area contributed by atoms with Crippen molar-refractivity contribution < 1.29 is 0 Å². The predicted octanol–water partition coefficient (Wildman–Crippen LogP) is 3.01. The second kappa shape index (κ2) is 3.37. The Kier molecular flexibility index (Phi) is 2.01. The summed E-state index contributed by atoms with van der Waals surface area (Å²) in [6.45, 7) is 3.47. The van der Waals surface area contributed by atoms with E-state index in [0.717, 1.165) is 24.4 Å². The molecule has 78 valence electrons. The van der Waals surface area contributed by atoms with Gasteiger partial charge in [-0.15, -0.1) is 0 Å². The Morgan fingerprint density at radius 2 is 2.20 bits per heavy atom. The van der Waals surface area contributed by atoms with Crippen molar-refractivity contribution in [2.45, 2.75) is 32.7 Å². The second-order valence-electron chi connectivity index (χ2n) is 4.62. The summed E-state index contributed by atoms with van der Waals surface area (Å²) in [5, 5.41) is 0. The average Bonchev–Trinajstić information content (AvgIpc) is 2.46. The van der Waals surface area contributed by atoms with Gasteiger partial charge in [0.15, 0.2) is 0 Å². The van der Waals surface area contributed by atoms with Gasteiger partial charge in [0.1, 0.15) is 5.82 Å². The number of para-hydroxylation sites is 2. The van der Waals surface area contributed by atoms with Crippen LogP contribution < -0.4 is 0 Å². The molecule has 0 amide bonds. The van der Waals surface area contributed by atoms with E-state index in [0.29, 0.717) is 0 Å². The predicted molar refractivity (Wildman–Crippen MR) is 61.8 cm³/mol. The normalized spacial score (nSPS) is 21.3. The summed E-state index contributed by atoms with van der Waals surface area (Å²) in [7, 11) is 0. The molecular weight excluding hydrogens is 184 g/mol. The summed E-state index contributed by atoms with van der Waals surface area (Å²) >= 11 is 0. The molecule has 0 aliphatic carbocycles. The van der Waals surface area contributed by atoms with E-state index in [-0.39, 0.29) is 0 Å². The number of imidazole rings is 1. The molecule has 0 radical (unpaired) electrons. The zero-order chi connectivity index (χ0) is 10.3. The lowest BCUT2D eigenvalue weighted by atomic mass is 10.0. The van der Waals surface area contributed by atoms with Crippen molar-refractivity contribution in [1.29, 1.82) is 0 Å². The summed E-state index contributed by atoms with van der Waals surface area (Å²) in [4.78, 5) is 4.73. The van der Waals surface area contributed by atoms with Crippen molar-refractivity contribution >= 4 is 11.0 Å². The lowest BCUT2D eigenvalue weighted by molar-refractivity contribution is 0.520. The van der Waals surface area contributed by atoms with E-state index in [1.165, 1.54) is 24.2 Å². The number of rotatable bonds is 0. The van der Waals surface area contributed by atoms with Gasteiger partial charge in [0.25, 0.3) is 0 Å². The maximum absolute atomic E-state index is 4.73. The van der Waals surface area contributed by atoms with Crippen molar-refractivity contribution in [2.24, 2.45) is 5.92 Å². The van der Waals surface area contributed by atoms with Crippen LogP contribution >= 0.6 is 0 Å². The minimum Gasteiger partial charge on any atom is -0.328 e. The van der Waals surface area contributed by atoms with Crippen LogP contribution in [0.25, 0.3) is 11.0 Å². The largest absolute Gasteiger partial charge is 0.328 e. The van der Waals surface area contributed by atoms with Crippen LogP contribution in [-0.4, -0.2) is 9.55 Å². The van der Waals surface area contributed by atoms with Crippen molar-refractivity contribution in [1.82, 2.24) is 9.55 Å². The Morgan fingerprint density at radius 1 is 1.33 bits per heavy atom. The van der Waals surface area contributed by atoms with E-state index in [2.05, 4.69) is 35.8 Å². The Morgan fingerprint density at radius 3 is 3.13 bits per heavy atom. The molecular formula is C13H16N2. The van der Waals surface area contributed by atoms with E-state index in [1.807, 2.05) is 0 Å². The molecule has 15 heavy (non-hydrogen) atoms. The summed E-state index contributed by atoms with van der Waals surface area (Å²) < 4.78 is 2.40. The topological polar surface area (TPSA) is 17.8 Å². The molecule has 1 aromatic heterocycles. The van der Waals surface area contributed by atoms with Crippen LogP contribution in [-0.2, 0) is 13.0 Å². The lowest BCUT2D eigenvalue weighted by Crippen LogP contribution is -2.02. The molecule has 0 unspecified atom stereocenters. The SMILES string of the molecule is C[C@@H]1CCCn2c(nc3ccccc32)C1. The van der Waals surface area contributed by atoms with E-state index in [4.69, 9.17) is 4.98 Å². The Hall–Kier alpha value is -1.31. The van der Waals surface area contributed by atoms with Gasteiger partial charge in [-0.1, -0.05) is 19.1 Å². The monoisotopic (exact) mass is 200 g/mol. The summed E-state index contributed by atoms with van der Waals surface area (Å²) in [5.41, 5.74) is 2.46. The number of fused-ring (bicyclic) bond motifs is 3. The fourth-order valence-electron chi connectivity index (χ4n) is 2.54. The van der Waals surface area contributed by atoms with Crippen molar-refractivity contribution in [3.05, 3.63) is 30.1 Å². The highest BCUT2D eigenvalue weighted by atomic mass is 15.1. The van der Waals surface area contributed by atoms with Crippen LogP contribution in [0.4, 0.5) is 0 Å². The quantitative estimate of drug-likeness (QED) is 0.639. The molecule has 0 saturated heterocycles. The molecule has 0 bridgehead atoms. The standard InChI is InChI=1S/C13H16N2/c1-10-5-4-8-15-12-7-3-2-6-11(12)14-13(15)9-10/h2-3,6-7,10H,4-5,8-9H2,1H3/t10-/m1/s1. The zero-order valence-corrected chi connectivity index (χ0v) is 9.11. The number of aryl methyl sites for hydroxylation is 1. The third-order valence-electron chi connectivity index (χ3n) is 3.34. The minimum absolute atomic E-state index is 0.781. The molecule has 2 nitrogen and oxygen atoms in total. The molecule has 0 saturated carbocycles. The molecule has 1 atom stereocenters. The molecule has 1 aliphatic heterocycles. The smallest absolute Gasteiger partial charge is 0.110 e. The van der Waals surface area contributed by atoms with Crippen molar-refractivity contribution in [2.75, 3.05) is 0 Å². The molecule has 2 aromatic rings. The molecule has 1 aliphatic rings. The van der Waals surface area contributed by atoms with Gasteiger partial charge in [0.2, 0.25) is 0 Å². The van der Waals surface area contributed by atoms with Gasteiger partial charge in [-0.05, 0) is 30.9 Å². The molecule has 2 heteroatoms. The number of hydrogen-bond acceptors (Lipinski definition) is 1. The van der Waals surface area contributed by atoms with Crippen molar-refractivity contribution in [3.8, 4) is 0 Å². The van der Waals surface area contributed by atoms with E-state index < -0.39 is 0 Å². The van der Waals surface area contributed by atoms with E-state index in [9.17, 15) is 0 Å². The zero-order valence-electron chi connectivity index (χ0n) is 9.11. The van der Waals surface area contributed by atoms with Gasteiger partial charge in [-0.2, -0.15) is 0 Å². The Bertz CT molecular complexity index is 484. The van der Waals surface area contributed by atoms with E-state index >= 15 is 0 Å². The van der Waals surface area contributed by atoms with E-state index in [1.54, 1.807) is 0 Å². The number of hydrogen-bond donors (Lipinski definition) is 0. The molecule has 1 aromatic carbocycles. The van der Waals surface area contributed by atoms with Crippen LogP contribution in [0, 0.1) is 5.92 Å². The molecule has 0 spiro atoms. The molecule has 0 fully saturated rings. The average molecular weight is 200 g/mol. The summed E-state index contributed by atoms with van der Waals surface area (Å²) in [6, 6.07) is 8.47. The third-order valence-corrected chi connectivity index (χ3v) is 3.34. The first-order chi connectivity index (χ1) is 7.34. The highest BCUT2D eigenvalue weighted by Crippen LogP contribution is 2.24. The lowest BCUT2D eigenvalue weighted by Gasteiger charge is -2.04. The highest BCUT2D eigenvalue weighted by Gasteiger charge is 2.16. The first kappa shape index (κ1) is 8.96. The molecule has 3 rings (SSSR count). The first-order valence-electron chi connectivity index (χ1n) is 5.79. The fraction of sp³-hybridized carbons (Fsp3) is 0.462. The third kappa shape index (κ3) is 1.44. The maximum Gasteiger partial charge on any atom is 0.110 e. The van der Waals surface area contributed by atoms with Gasteiger partial charge >= 0.3 is 0 Å². The fourth-order valence-corrected chi connectivity index (χ4v) is 2.54. The number of aromatic nitrogens is 2. The van der Waals surface area contributed by atoms with Crippen LogP contribution in [0.5, 0.6) is 0 Å². The molecule has 2 heterocycles. The van der Waals surface area contributed by atoms with Crippen LogP contribution in [0.3, 0.4) is 0 Å². The van der Waals surface area contributed by atoms with Crippen LogP contribution in [0.15, 0.2) is 24.3 Å². The maximum atomic E-state index is 4.73. The van der Waals surface area contributed by atoms with Crippen LogP contribution in [0.2, 0.25) is 0 Å². The van der Waals surface area contributed by atoms with Crippen molar-refractivity contribution in [3.63, 3.8) is 0 Å². The Labute approximate surface area is 89.9 Å². The van der Waals surface area contributed by atoms with Gasteiger partial charge in [0, 0.05) is 13.0 Å². The first-order valence-corrected chi connectivity index (χ1v) is 5.79. The van der Waals surface area contributed by atoms with Gasteiger partial charge in [0.05, 0.1) is 11.0 Å². The highest BCUT2D eigenvalue weighted by molar-refractivity contribution is 5.75. The second-order valence-corrected chi connectivity index (χ2v) is 4.62. The van der Waals surface area contributed by atoms with Gasteiger partial charge in [-0.3, -0.25) is 0 Å². The number of benzene rings is 1. The van der Waals surface area contributed by atoms with Gasteiger partial charge in [-0.25, -0.2) is 4.98 Å². The summed E-state index contributed by atoms with van der Waals surface area (Å²) in [6.07, 6.45) is 3.75. The summed E-state index contributed by atoms with van der Waals surface area (Å²) in [5.74, 6) is 2.06.